The summed E-state index contributed by atoms with van der Waals surface area (Å²) in [5, 5.41) is 1.82. The number of thiazole rings is 1. The van der Waals surface area contributed by atoms with Crippen LogP contribution in [-0.4, -0.2) is 13.4 Å². The molecule has 2 rings (SSSR count). The number of hydrogen-bond donors (Lipinski definition) is 1. The highest BCUT2D eigenvalue weighted by molar-refractivity contribution is 9.11. The lowest BCUT2D eigenvalue weighted by atomic mass is 10.5. The van der Waals surface area contributed by atoms with Crippen LogP contribution in [0.2, 0.25) is 0 Å². The van der Waals surface area contributed by atoms with E-state index in [0.717, 1.165) is 14.4 Å². The van der Waals surface area contributed by atoms with Crippen LogP contribution in [0.25, 0.3) is 0 Å². The minimum absolute atomic E-state index is 0.221. The fourth-order valence-corrected chi connectivity index (χ4v) is 5.24. The van der Waals surface area contributed by atoms with E-state index in [9.17, 15) is 8.42 Å². The third-order valence-electron chi connectivity index (χ3n) is 2.06. The number of hydrogen-bond acceptors (Lipinski definition) is 5. The Balaban J connectivity index is 2.17. The average molecular weight is 353 g/mol. The monoisotopic (exact) mass is 352 g/mol. The van der Waals surface area contributed by atoms with Gasteiger partial charge in [-0.1, -0.05) is 0 Å². The Labute approximate surface area is 116 Å². The Bertz CT molecular complexity index is 604. The zero-order valence-corrected chi connectivity index (χ0v) is 12.8. The second-order valence-corrected chi connectivity index (χ2v) is 8.36. The topological polar surface area (TPSA) is 59.1 Å². The summed E-state index contributed by atoms with van der Waals surface area (Å²) in [4.78, 5) is 5.12. The summed E-state index contributed by atoms with van der Waals surface area (Å²) >= 11 is 6.13. The minimum Gasteiger partial charge on any atom is -0.248 e. The Kier molecular flexibility index (Phi) is 3.99. The Morgan fingerprint density at radius 3 is 2.82 bits per heavy atom. The second-order valence-electron chi connectivity index (χ2n) is 3.28. The van der Waals surface area contributed by atoms with Gasteiger partial charge in [0.2, 0.25) is 10.0 Å². The molecule has 1 N–H and O–H groups in total. The fraction of sp³-hybridized carbons (Fsp3) is 0.222. The van der Waals surface area contributed by atoms with Crippen molar-refractivity contribution in [2.75, 3.05) is 0 Å². The van der Waals surface area contributed by atoms with E-state index in [1.807, 2.05) is 5.38 Å². The van der Waals surface area contributed by atoms with Gasteiger partial charge in [0, 0.05) is 10.3 Å². The van der Waals surface area contributed by atoms with E-state index in [2.05, 4.69) is 25.6 Å². The number of halogens is 1. The standard InChI is InChI=1S/C9H9BrN2O2S3/c1-6-8(2-9(10)16-6)17(13,14)12-3-7-4-15-5-11-7/h2,4-5,12H,3H2,1H3. The van der Waals surface area contributed by atoms with E-state index in [0.29, 0.717) is 4.90 Å². The molecule has 2 aromatic heterocycles. The first-order chi connectivity index (χ1) is 7.99. The molecular formula is C9H9BrN2O2S3. The smallest absolute Gasteiger partial charge is 0.242 e. The van der Waals surface area contributed by atoms with Crippen LogP contribution in [0.15, 0.2) is 25.6 Å². The third kappa shape index (κ3) is 3.14. The van der Waals surface area contributed by atoms with Crippen molar-refractivity contribution in [3.05, 3.63) is 31.3 Å². The van der Waals surface area contributed by atoms with Gasteiger partial charge in [-0.2, -0.15) is 0 Å². The van der Waals surface area contributed by atoms with E-state index in [1.54, 1.807) is 18.5 Å². The lowest BCUT2D eigenvalue weighted by Gasteiger charge is -2.04. The molecule has 0 saturated carbocycles. The van der Waals surface area contributed by atoms with Gasteiger partial charge in [-0.05, 0) is 28.9 Å². The number of aromatic nitrogens is 1. The molecule has 0 unspecified atom stereocenters. The SMILES string of the molecule is Cc1sc(Br)cc1S(=O)(=O)NCc1cscn1. The van der Waals surface area contributed by atoms with E-state index < -0.39 is 10.0 Å². The van der Waals surface area contributed by atoms with Crippen LogP contribution in [0.1, 0.15) is 10.6 Å². The molecule has 0 aliphatic heterocycles. The summed E-state index contributed by atoms with van der Waals surface area (Å²) in [5.41, 5.74) is 2.40. The zero-order valence-electron chi connectivity index (χ0n) is 8.81. The van der Waals surface area contributed by atoms with Crippen molar-refractivity contribution in [2.45, 2.75) is 18.4 Å². The normalized spacial score (nSPS) is 11.9. The van der Waals surface area contributed by atoms with Crippen molar-refractivity contribution < 1.29 is 8.42 Å². The van der Waals surface area contributed by atoms with Crippen molar-refractivity contribution in [3.8, 4) is 0 Å². The highest BCUT2D eigenvalue weighted by Gasteiger charge is 2.19. The van der Waals surface area contributed by atoms with E-state index in [-0.39, 0.29) is 6.54 Å². The molecule has 0 saturated heterocycles. The molecule has 17 heavy (non-hydrogen) atoms. The molecule has 0 radical (unpaired) electrons. The molecule has 0 atom stereocenters. The summed E-state index contributed by atoms with van der Waals surface area (Å²) in [6.07, 6.45) is 0. The van der Waals surface area contributed by atoms with Crippen LogP contribution in [0.3, 0.4) is 0 Å². The highest BCUT2D eigenvalue weighted by atomic mass is 79.9. The van der Waals surface area contributed by atoms with Crippen LogP contribution in [-0.2, 0) is 16.6 Å². The van der Waals surface area contributed by atoms with Gasteiger partial charge in [0.05, 0.1) is 26.4 Å². The number of sulfonamides is 1. The van der Waals surface area contributed by atoms with Gasteiger partial charge in [-0.15, -0.1) is 22.7 Å². The molecule has 0 fully saturated rings. The molecule has 8 heteroatoms. The van der Waals surface area contributed by atoms with Crippen LogP contribution in [0, 0.1) is 6.92 Å². The molecule has 92 valence electrons. The van der Waals surface area contributed by atoms with Crippen molar-refractivity contribution >= 4 is 48.6 Å². The van der Waals surface area contributed by atoms with Crippen molar-refractivity contribution in [1.82, 2.24) is 9.71 Å². The van der Waals surface area contributed by atoms with Crippen LogP contribution < -0.4 is 4.72 Å². The maximum absolute atomic E-state index is 12.0. The van der Waals surface area contributed by atoms with Crippen LogP contribution >= 0.6 is 38.6 Å². The van der Waals surface area contributed by atoms with E-state index in [4.69, 9.17) is 0 Å². The number of nitrogens with one attached hydrogen (secondary N) is 1. The predicted octanol–water partition coefficient (Wildman–Crippen LogP) is 2.75. The minimum atomic E-state index is -3.45. The van der Waals surface area contributed by atoms with Gasteiger partial charge < -0.3 is 0 Å². The maximum atomic E-state index is 12.0. The van der Waals surface area contributed by atoms with Gasteiger partial charge in [0.15, 0.2) is 0 Å². The maximum Gasteiger partial charge on any atom is 0.242 e. The lowest BCUT2D eigenvalue weighted by molar-refractivity contribution is 0.580. The first kappa shape index (κ1) is 13.2. The lowest BCUT2D eigenvalue weighted by Crippen LogP contribution is -2.23. The summed E-state index contributed by atoms with van der Waals surface area (Å²) in [6, 6.07) is 1.61. The van der Waals surface area contributed by atoms with Crippen molar-refractivity contribution in [2.24, 2.45) is 0 Å². The summed E-state index contributed by atoms with van der Waals surface area (Å²) in [6.45, 7) is 2.01. The van der Waals surface area contributed by atoms with Gasteiger partial charge in [-0.3, -0.25) is 0 Å². The first-order valence-electron chi connectivity index (χ1n) is 4.62. The second kappa shape index (κ2) is 5.15. The number of rotatable bonds is 4. The Hall–Kier alpha value is -0.280. The van der Waals surface area contributed by atoms with Gasteiger partial charge in [0.1, 0.15) is 0 Å². The molecule has 2 aromatic rings. The molecular weight excluding hydrogens is 344 g/mol. The van der Waals surface area contributed by atoms with Gasteiger partial charge in [-0.25, -0.2) is 18.1 Å². The molecule has 2 heterocycles. The van der Waals surface area contributed by atoms with Gasteiger partial charge in [0.25, 0.3) is 0 Å². The average Bonchev–Trinajstić information content (AvgIpc) is 2.85. The highest BCUT2D eigenvalue weighted by Crippen LogP contribution is 2.29. The van der Waals surface area contributed by atoms with E-state index >= 15 is 0 Å². The number of thiophene rings is 1. The molecule has 4 nitrogen and oxygen atoms in total. The molecule has 0 aliphatic carbocycles. The summed E-state index contributed by atoms with van der Waals surface area (Å²) in [5.74, 6) is 0. The Morgan fingerprint density at radius 1 is 1.53 bits per heavy atom. The van der Waals surface area contributed by atoms with Crippen LogP contribution in [0.5, 0.6) is 0 Å². The molecule has 0 amide bonds. The zero-order chi connectivity index (χ0) is 12.5. The molecule has 0 spiro atoms. The van der Waals surface area contributed by atoms with Crippen molar-refractivity contribution in [1.29, 1.82) is 0 Å². The Morgan fingerprint density at radius 2 is 2.29 bits per heavy atom. The molecule has 0 aromatic carbocycles. The van der Waals surface area contributed by atoms with Gasteiger partial charge >= 0.3 is 0 Å². The number of nitrogens with zero attached hydrogens (tertiary/aromatic N) is 1. The summed E-state index contributed by atoms with van der Waals surface area (Å²) < 4.78 is 27.4. The molecule has 0 bridgehead atoms. The van der Waals surface area contributed by atoms with E-state index in [1.165, 1.54) is 22.7 Å². The first-order valence-corrected chi connectivity index (χ1v) is 8.65. The number of aryl methyl sites for hydroxylation is 1. The van der Waals surface area contributed by atoms with Crippen LogP contribution in [0.4, 0.5) is 0 Å². The van der Waals surface area contributed by atoms with Crippen molar-refractivity contribution in [3.63, 3.8) is 0 Å². The predicted molar refractivity (Wildman–Crippen MR) is 72.9 cm³/mol. The third-order valence-corrected chi connectivity index (χ3v) is 5.90. The fourth-order valence-electron chi connectivity index (χ4n) is 1.27. The largest absolute Gasteiger partial charge is 0.248 e. The quantitative estimate of drug-likeness (QED) is 0.920. The summed E-state index contributed by atoms with van der Waals surface area (Å²) in [7, 11) is -3.45. The molecule has 0 aliphatic rings.